The van der Waals surface area contributed by atoms with E-state index in [4.69, 9.17) is 5.73 Å². The molecular formula is C25H34N2. The van der Waals surface area contributed by atoms with Crippen LogP contribution in [0.15, 0.2) is 60.7 Å². The van der Waals surface area contributed by atoms with E-state index in [2.05, 4.69) is 65.6 Å². The molecule has 1 saturated heterocycles. The quantitative estimate of drug-likeness (QED) is 0.829. The van der Waals surface area contributed by atoms with Crippen LogP contribution in [-0.4, -0.2) is 30.6 Å². The molecule has 0 radical (unpaired) electrons. The van der Waals surface area contributed by atoms with Crippen LogP contribution >= 0.6 is 0 Å². The second kappa shape index (κ2) is 8.58. The van der Waals surface area contributed by atoms with Crippen LogP contribution in [0, 0.1) is 5.92 Å². The normalized spacial score (nSPS) is 27.5. The zero-order valence-corrected chi connectivity index (χ0v) is 16.5. The van der Waals surface area contributed by atoms with Gasteiger partial charge in [-0.25, -0.2) is 0 Å². The molecule has 27 heavy (non-hydrogen) atoms. The highest BCUT2D eigenvalue weighted by Gasteiger charge is 2.37. The summed E-state index contributed by atoms with van der Waals surface area (Å²) in [5, 5.41) is 0. The third-order valence-corrected chi connectivity index (χ3v) is 7.22. The molecular weight excluding hydrogens is 328 g/mol. The van der Waals surface area contributed by atoms with E-state index < -0.39 is 0 Å². The van der Waals surface area contributed by atoms with E-state index >= 15 is 0 Å². The van der Waals surface area contributed by atoms with Crippen molar-refractivity contribution >= 4 is 0 Å². The minimum absolute atomic E-state index is 0.212. The molecule has 144 valence electrons. The van der Waals surface area contributed by atoms with Crippen molar-refractivity contribution in [2.75, 3.05) is 19.6 Å². The molecule has 2 aliphatic rings. The first-order chi connectivity index (χ1) is 13.3. The summed E-state index contributed by atoms with van der Waals surface area (Å²) in [4.78, 5) is 2.78. The average Bonchev–Trinajstić information content (AvgIpc) is 2.76. The lowest BCUT2D eigenvalue weighted by Crippen LogP contribution is -2.47. The molecule has 4 rings (SSSR count). The van der Waals surface area contributed by atoms with Gasteiger partial charge in [0.05, 0.1) is 0 Å². The fraction of sp³-hybridized carbons (Fsp3) is 0.520. The second-order valence-electron chi connectivity index (χ2n) is 8.75. The first-order valence-corrected chi connectivity index (χ1v) is 10.8. The summed E-state index contributed by atoms with van der Waals surface area (Å²) in [6.07, 6.45) is 9.04. The van der Waals surface area contributed by atoms with Gasteiger partial charge in [-0.05, 0) is 75.1 Å². The Labute approximate surface area is 164 Å². The Bertz CT molecular complexity index is 681. The lowest BCUT2D eigenvalue weighted by Gasteiger charge is -2.45. The van der Waals surface area contributed by atoms with Crippen molar-refractivity contribution in [2.24, 2.45) is 11.7 Å². The molecule has 1 saturated carbocycles. The lowest BCUT2D eigenvalue weighted by molar-refractivity contribution is 0.0875. The monoisotopic (exact) mass is 362 g/mol. The molecule has 0 amide bonds. The second-order valence-corrected chi connectivity index (χ2v) is 8.75. The SMILES string of the molecule is NCC1(c2ccccc2)CCC(N2CCC(Cc3ccccc3)CC2)CC1. The molecule has 0 atom stereocenters. The van der Waals surface area contributed by atoms with Gasteiger partial charge in [-0.2, -0.15) is 0 Å². The maximum absolute atomic E-state index is 6.27. The standard InChI is InChI=1S/C25H34N2/c26-20-25(23-9-5-2-6-10-23)15-11-24(12-16-25)27-17-13-22(14-18-27)19-21-7-3-1-4-8-21/h1-10,22,24H,11-20,26H2. The smallest absolute Gasteiger partial charge is 0.00959 e. The van der Waals surface area contributed by atoms with E-state index in [-0.39, 0.29) is 5.41 Å². The number of hydrogen-bond acceptors (Lipinski definition) is 2. The highest BCUT2D eigenvalue weighted by Crippen LogP contribution is 2.40. The van der Waals surface area contributed by atoms with Gasteiger partial charge >= 0.3 is 0 Å². The largest absolute Gasteiger partial charge is 0.330 e. The fourth-order valence-corrected chi connectivity index (χ4v) is 5.39. The number of rotatable bonds is 5. The van der Waals surface area contributed by atoms with Crippen molar-refractivity contribution in [1.29, 1.82) is 0 Å². The minimum atomic E-state index is 0.212. The van der Waals surface area contributed by atoms with Gasteiger partial charge in [-0.15, -0.1) is 0 Å². The van der Waals surface area contributed by atoms with Crippen molar-refractivity contribution in [3.63, 3.8) is 0 Å². The van der Waals surface area contributed by atoms with E-state index in [9.17, 15) is 0 Å². The van der Waals surface area contributed by atoms with E-state index in [1.807, 2.05) is 0 Å². The molecule has 2 nitrogen and oxygen atoms in total. The van der Waals surface area contributed by atoms with Crippen LogP contribution < -0.4 is 5.73 Å². The molecule has 1 aliphatic carbocycles. The van der Waals surface area contributed by atoms with Gasteiger partial charge in [-0.3, -0.25) is 0 Å². The van der Waals surface area contributed by atoms with Crippen molar-refractivity contribution in [1.82, 2.24) is 4.90 Å². The minimum Gasteiger partial charge on any atom is -0.330 e. The molecule has 2 fully saturated rings. The predicted octanol–water partition coefficient (Wildman–Crippen LogP) is 4.78. The Morgan fingerprint density at radius 1 is 0.815 bits per heavy atom. The van der Waals surface area contributed by atoms with E-state index in [1.165, 1.54) is 69.2 Å². The number of nitrogens with two attached hydrogens (primary N) is 1. The third kappa shape index (κ3) is 4.28. The number of benzene rings is 2. The van der Waals surface area contributed by atoms with Crippen LogP contribution in [0.3, 0.4) is 0 Å². The van der Waals surface area contributed by atoms with Crippen LogP contribution in [0.2, 0.25) is 0 Å². The first-order valence-electron chi connectivity index (χ1n) is 10.8. The summed E-state index contributed by atoms with van der Waals surface area (Å²) >= 11 is 0. The molecule has 2 aromatic carbocycles. The summed E-state index contributed by atoms with van der Waals surface area (Å²) in [5.74, 6) is 0.861. The van der Waals surface area contributed by atoms with Crippen LogP contribution in [0.5, 0.6) is 0 Å². The molecule has 0 bridgehead atoms. The molecule has 0 unspecified atom stereocenters. The van der Waals surface area contributed by atoms with E-state index in [0.717, 1.165) is 18.5 Å². The highest BCUT2D eigenvalue weighted by molar-refractivity contribution is 5.27. The molecule has 2 N–H and O–H groups in total. The van der Waals surface area contributed by atoms with Crippen LogP contribution in [0.1, 0.15) is 49.7 Å². The van der Waals surface area contributed by atoms with Gasteiger partial charge in [0.1, 0.15) is 0 Å². The van der Waals surface area contributed by atoms with Crippen molar-refractivity contribution < 1.29 is 0 Å². The van der Waals surface area contributed by atoms with Gasteiger partial charge in [0.25, 0.3) is 0 Å². The van der Waals surface area contributed by atoms with Gasteiger partial charge in [-0.1, -0.05) is 60.7 Å². The van der Waals surface area contributed by atoms with Gasteiger partial charge < -0.3 is 10.6 Å². The lowest BCUT2D eigenvalue weighted by atomic mass is 9.68. The van der Waals surface area contributed by atoms with Crippen molar-refractivity contribution in [2.45, 2.75) is 56.4 Å². The summed E-state index contributed by atoms with van der Waals surface area (Å²) < 4.78 is 0. The topological polar surface area (TPSA) is 29.3 Å². The summed E-state index contributed by atoms with van der Waals surface area (Å²) in [6, 6.07) is 22.8. The zero-order chi connectivity index (χ0) is 18.5. The van der Waals surface area contributed by atoms with Crippen LogP contribution in [0.25, 0.3) is 0 Å². The highest BCUT2D eigenvalue weighted by atomic mass is 15.2. The maximum atomic E-state index is 6.27. The Morgan fingerprint density at radius 3 is 2.00 bits per heavy atom. The van der Waals surface area contributed by atoms with E-state index in [1.54, 1.807) is 0 Å². The van der Waals surface area contributed by atoms with Gasteiger partial charge in [0.15, 0.2) is 0 Å². The average molecular weight is 363 g/mol. The third-order valence-electron chi connectivity index (χ3n) is 7.22. The first kappa shape index (κ1) is 18.7. The number of piperidine rings is 1. The Balaban J connectivity index is 1.29. The number of nitrogens with zero attached hydrogens (tertiary/aromatic N) is 1. The number of hydrogen-bond donors (Lipinski definition) is 1. The summed E-state index contributed by atoms with van der Waals surface area (Å²) in [7, 11) is 0. The summed E-state index contributed by atoms with van der Waals surface area (Å²) in [5.41, 5.74) is 9.44. The van der Waals surface area contributed by atoms with Crippen molar-refractivity contribution in [3.05, 3.63) is 71.8 Å². The molecule has 0 spiro atoms. The molecule has 0 aromatic heterocycles. The van der Waals surface area contributed by atoms with Crippen LogP contribution in [0.4, 0.5) is 0 Å². The van der Waals surface area contributed by atoms with E-state index in [0.29, 0.717) is 0 Å². The predicted molar refractivity (Wildman–Crippen MR) is 114 cm³/mol. The molecule has 1 heterocycles. The van der Waals surface area contributed by atoms with Crippen molar-refractivity contribution in [3.8, 4) is 0 Å². The van der Waals surface area contributed by atoms with Crippen LogP contribution in [-0.2, 0) is 11.8 Å². The maximum Gasteiger partial charge on any atom is 0.00959 e. The molecule has 2 heteroatoms. The fourth-order valence-electron chi connectivity index (χ4n) is 5.39. The summed E-state index contributed by atoms with van der Waals surface area (Å²) in [6.45, 7) is 3.34. The Kier molecular flexibility index (Phi) is 5.95. The molecule has 1 aliphatic heterocycles. The molecule has 2 aromatic rings. The Morgan fingerprint density at radius 2 is 1.41 bits per heavy atom. The number of likely N-dealkylation sites (tertiary alicyclic amines) is 1. The van der Waals surface area contributed by atoms with Gasteiger partial charge in [0.2, 0.25) is 0 Å². The Hall–Kier alpha value is -1.64. The zero-order valence-electron chi connectivity index (χ0n) is 16.5. The van der Waals surface area contributed by atoms with Gasteiger partial charge in [0, 0.05) is 18.0 Å².